The Kier molecular flexibility index (Phi) is 4.90. The molecule has 0 bridgehead atoms. The number of nitrogens with zero attached hydrogens (tertiary/aromatic N) is 1. The standard InChI is InChI=1S/C15H22N2O3S/c18-12-9-11(10-12)15(13-3-1-8-21-13)16-14(19)4-6-17-5-2-7-20-17/h1,3,8,11-12,15,18H,2,4-7,9-10H2,(H,16,19)/t11?,12?,15-/m1/s1. The topological polar surface area (TPSA) is 61.8 Å². The van der Waals surface area contributed by atoms with Crippen LogP contribution in [0.15, 0.2) is 17.5 Å². The highest BCUT2D eigenvalue weighted by molar-refractivity contribution is 7.10. The fourth-order valence-corrected chi connectivity index (χ4v) is 3.81. The summed E-state index contributed by atoms with van der Waals surface area (Å²) in [4.78, 5) is 18.8. The van der Waals surface area contributed by atoms with Crippen molar-refractivity contribution in [2.45, 2.75) is 37.8 Å². The first-order valence-electron chi connectivity index (χ1n) is 7.61. The molecule has 116 valence electrons. The minimum atomic E-state index is -0.202. The minimum absolute atomic E-state index is 0.0420. The normalized spacial score (nSPS) is 27.3. The Morgan fingerprint density at radius 1 is 1.57 bits per heavy atom. The van der Waals surface area contributed by atoms with Crippen LogP contribution in [0, 0.1) is 5.92 Å². The van der Waals surface area contributed by atoms with E-state index in [0.717, 1.165) is 32.4 Å². The molecule has 0 radical (unpaired) electrons. The van der Waals surface area contributed by atoms with Crippen LogP contribution in [0.25, 0.3) is 0 Å². The zero-order chi connectivity index (χ0) is 14.7. The molecule has 2 aliphatic rings. The molecule has 5 nitrogen and oxygen atoms in total. The SMILES string of the molecule is O=C(CCN1CCCO1)N[C@@H](c1cccs1)C1CC(O)C1. The van der Waals surface area contributed by atoms with Crippen LogP contribution in [-0.4, -0.2) is 41.9 Å². The molecule has 6 heteroatoms. The van der Waals surface area contributed by atoms with E-state index in [-0.39, 0.29) is 18.1 Å². The maximum absolute atomic E-state index is 12.2. The van der Waals surface area contributed by atoms with E-state index in [0.29, 0.717) is 18.9 Å². The van der Waals surface area contributed by atoms with Gasteiger partial charge in [0, 0.05) is 24.4 Å². The summed E-state index contributed by atoms with van der Waals surface area (Å²) >= 11 is 1.66. The summed E-state index contributed by atoms with van der Waals surface area (Å²) in [7, 11) is 0. The molecular formula is C15H22N2O3S. The van der Waals surface area contributed by atoms with Gasteiger partial charge in [-0.25, -0.2) is 0 Å². The second kappa shape index (κ2) is 6.87. The van der Waals surface area contributed by atoms with Crippen molar-refractivity contribution in [3.63, 3.8) is 0 Å². The van der Waals surface area contributed by atoms with E-state index >= 15 is 0 Å². The number of thiophene rings is 1. The van der Waals surface area contributed by atoms with Crippen LogP contribution >= 0.6 is 11.3 Å². The maximum Gasteiger partial charge on any atom is 0.221 e. The second-order valence-corrected chi connectivity index (χ2v) is 6.79. The molecule has 1 aromatic rings. The van der Waals surface area contributed by atoms with Gasteiger partial charge in [0.2, 0.25) is 5.91 Å². The van der Waals surface area contributed by atoms with E-state index in [4.69, 9.17) is 4.84 Å². The van der Waals surface area contributed by atoms with Crippen LogP contribution in [0.3, 0.4) is 0 Å². The molecule has 2 N–H and O–H groups in total. The molecule has 1 saturated carbocycles. The number of hydrogen-bond acceptors (Lipinski definition) is 5. The third kappa shape index (κ3) is 3.83. The lowest BCUT2D eigenvalue weighted by Gasteiger charge is -2.37. The highest BCUT2D eigenvalue weighted by Crippen LogP contribution is 2.39. The molecule has 0 spiro atoms. The lowest BCUT2D eigenvalue weighted by Crippen LogP contribution is -2.41. The molecule has 1 amide bonds. The molecule has 0 aromatic carbocycles. The number of aliphatic hydroxyl groups is 1. The van der Waals surface area contributed by atoms with Gasteiger partial charge in [-0.15, -0.1) is 11.3 Å². The highest BCUT2D eigenvalue weighted by atomic mass is 32.1. The largest absolute Gasteiger partial charge is 0.393 e. The molecule has 1 aliphatic heterocycles. The lowest BCUT2D eigenvalue weighted by molar-refractivity contribution is -0.131. The van der Waals surface area contributed by atoms with Gasteiger partial charge in [0.1, 0.15) is 0 Å². The van der Waals surface area contributed by atoms with Crippen LogP contribution in [0.2, 0.25) is 0 Å². The van der Waals surface area contributed by atoms with Crippen molar-refractivity contribution in [1.82, 2.24) is 10.4 Å². The van der Waals surface area contributed by atoms with Gasteiger partial charge >= 0.3 is 0 Å². The van der Waals surface area contributed by atoms with E-state index in [1.54, 1.807) is 11.3 Å². The molecule has 3 rings (SSSR count). The lowest BCUT2D eigenvalue weighted by atomic mass is 9.76. The zero-order valence-electron chi connectivity index (χ0n) is 12.0. The molecule has 1 atom stereocenters. The van der Waals surface area contributed by atoms with E-state index in [1.807, 2.05) is 16.5 Å². The number of nitrogens with one attached hydrogen (secondary N) is 1. The first kappa shape index (κ1) is 15.0. The highest BCUT2D eigenvalue weighted by Gasteiger charge is 2.36. The van der Waals surface area contributed by atoms with Crippen molar-refractivity contribution >= 4 is 17.2 Å². The Morgan fingerprint density at radius 3 is 3.05 bits per heavy atom. The number of hydroxylamine groups is 2. The van der Waals surface area contributed by atoms with Gasteiger partial charge < -0.3 is 10.4 Å². The number of rotatable bonds is 6. The van der Waals surface area contributed by atoms with Gasteiger partial charge in [-0.1, -0.05) is 6.07 Å². The summed E-state index contributed by atoms with van der Waals surface area (Å²) in [5, 5.41) is 16.6. The number of carbonyl (C=O) groups excluding carboxylic acids is 1. The number of carbonyl (C=O) groups is 1. The van der Waals surface area contributed by atoms with Crippen LogP contribution in [0.1, 0.15) is 36.6 Å². The average Bonchev–Trinajstić information content (AvgIpc) is 3.11. The Labute approximate surface area is 128 Å². The van der Waals surface area contributed by atoms with Crippen molar-refractivity contribution in [2.75, 3.05) is 19.7 Å². The quantitative estimate of drug-likeness (QED) is 0.839. The Morgan fingerprint density at radius 2 is 2.43 bits per heavy atom. The van der Waals surface area contributed by atoms with Crippen molar-refractivity contribution in [3.05, 3.63) is 22.4 Å². The van der Waals surface area contributed by atoms with Gasteiger partial charge in [0.25, 0.3) is 0 Å². The maximum atomic E-state index is 12.2. The Hall–Kier alpha value is -0.950. The van der Waals surface area contributed by atoms with Crippen molar-refractivity contribution in [3.8, 4) is 0 Å². The van der Waals surface area contributed by atoms with Crippen LogP contribution in [-0.2, 0) is 9.63 Å². The number of aliphatic hydroxyl groups excluding tert-OH is 1. The molecule has 1 aliphatic carbocycles. The molecule has 21 heavy (non-hydrogen) atoms. The second-order valence-electron chi connectivity index (χ2n) is 5.81. The predicted octanol–water partition coefficient (Wildman–Crippen LogP) is 1.70. The fraction of sp³-hybridized carbons (Fsp3) is 0.667. The summed E-state index contributed by atoms with van der Waals surface area (Å²) in [6.45, 7) is 2.33. The summed E-state index contributed by atoms with van der Waals surface area (Å²) in [5.41, 5.74) is 0. The Bertz CT molecular complexity index is 453. The summed E-state index contributed by atoms with van der Waals surface area (Å²) in [5.74, 6) is 0.413. The Balaban J connectivity index is 1.52. The van der Waals surface area contributed by atoms with Crippen molar-refractivity contribution in [2.24, 2.45) is 5.92 Å². The smallest absolute Gasteiger partial charge is 0.221 e. The fourth-order valence-electron chi connectivity index (χ4n) is 2.94. The summed E-state index contributed by atoms with van der Waals surface area (Å²) in [6.07, 6.45) is 2.85. The first-order chi connectivity index (χ1) is 10.2. The van der Waals surface area contributed by atoms with Crippen molar-refractivity contribution in [1.29, 1.82) is 0 Å². The molecule has 2 fully saturated rings. The third-order valence-corrected chi connectivity index (χ3v) is 5.16. The van der Waals surface area contributed by atoms with Gasteiger partial charge in [0.05, 0.1) is 18.8 Å². The minimum Gasteiger partial charge on any atom is -0.393 e. The average molecular weight is 310 g/mol. The number of amides is 1. The van der Waals surface area contributed by atoms with E-state index < -0.39 is 0 Å². The van der Waals surface area contributed by atoms with Crippen LogP contribution in [0.5, 0.6) is 0 Å². The van der Waals surface area contributed by atoms with Gasteiger partial charge in [-0.05, 0) is 36.6 Å². The third-order valence-electron chi connectivity index (χ3n) is 4.20. The number of hydrogen-bond donors (Lipinski definition) is 2. The summed E-state index contributed by atoms with van der Waals surface area (Å²) in [6, 6.07) is 4.11. The van der Waals surface area contributed by atoms with Gasteiger partial charge in [-0.3, -0.25) is 9.63 Å². The predicted molar refractivity (Wildman–Crippen MR) is 80.7 cm³/mol. The summed E-state index contributed by atoms with van der Waals surface area (Å²) < 4.78 is 0. The molecule has 2 heterocycles. The monoisotopic (exact) mass is 310 g/mol. The van der Waals surface area contributed by atoms with E-state index in [9.17, 15) is 9.90 Å². The molecule has 1 aromatic heterocycles. The molecule has 1 saturated heterocycles. The molecular weight excluding hydrogens is 288 g/mol. The van der Waals surface area contributed by atoms with E-state index in [2.05, 4.69) is 11.4 Å². The van der Waals surface area contributed by atoms with Gasteiger partial charge in [0.15, 0.2) is 0 Å². The zero-order valence-corrected chi connectivity index (χ0v) is 12.8. The van der Waals surface area contributed by atoms with Crippen molar-refractivity contribution < 1.29 is 14.7 Å². The van der Waals surface area contributed by atoms with Crippen LogP contribution in [0.4, 0.5) is 0 Å². The first-order valence-corrected chi connectivity index (χ1v) is 8.49. The van der Waals surface area contributed by atoms with E-state index in [1.165, 1.54) is 4.88 Å². The van der Waals surface area contributed by atoms with Gasteiger partial charge in [-0.2, -0.15) is 5.06 Å². The van der Waals surface area contributed by atoms with Crippen LogP contribution < -0.4 is 5.32 Å². The molecule has 0 unspecified atom stereocenters.